The zero-order valence-electron chi connectivity index (χ0n) is 11.5. The van der Waals surface area contributed by atoms with Crippen LogP contribution < -0.4 is 4.74 Å². The van der Waals surface area contributed by atoms with E-state index in [0.717, 1.165) is 22.4 Å². The van der Waals surface area contributed by atoms with E-state index >= 15 is 0 Å². The van der Waals surface area contributed by atoms with Crippen LogP contribution in [0.25, 0.3) is 0 Å². The molecule has 0 unspecified atom stereocenters. The lowest BCUT2D eigenvalue weighted by Crippen LogP contribution is -1.98. The molecule has 1 aromatic heterocycles. The molecule has 0 fully saturated rings. The fourth-order valence-electron chi connectivity index (χ4n) is 1.85. The maximum Gasteiger partial charge on any atom is 0.323 e. The number of ether oxygens (including phenoxy) is 1. The maximum atomic E-state index is 8.90. The second-order valence-electron chi connectivity index (χ2n) is 4.60. The first-order valence-corrected chi connectivity index (χ1v) is 6.01. The molecular weight excluding hydrogens is 238 g/mol. The van der Waals surface area contributed by atoms with E-state index in [-0.39, 0.29) is 6.01 Å². The summed E-state index contributed by atoms with van der Waals surface area (Å²) in [7, 11) is 0. The van der Waals surface area contributed by atoms with Crippen molar-refractivity contribution in [2.24, 2.45) is 0 Å². The zero-order chi connectivity index (χ0) is 14.0. The van der Waals surface area contributed by atoms with Gasteiger partial charge in [-0.05, 0) is 56.5 Å². The number of rotatable bonds is 2. The van der Waals surface area contributed by atoms with E-state index in [0.29, 0.717) is 11.4 Å². The second kappa shape index (κ2) is 5.07. The van der Waals surface area contributed by atoms with E-state index in [4.69, 9.17) is 10.00 Å². The molecule has 2 aromatic rings. The summed E-state index contributed by atoms with van der Waals surface area (Å²) in [6.45, 7) is 7.85. The third-order valence-electron chi connectivity index (χ3n) is 2.91. The van der Waals surface area contributed by atoms with Crippen LogP contribution in [0, 0.1) is 39.0 Å². The van der Waals surface area contributed by atoms with Gasteiger partial charge in [0.15, 0.2) is 0 Å². The molecule has 96 valence electrons. The molecule has 1 aromatic carbocycles. The highest BCUT2D eigenvalue weighted by Crippen LogP contribution is 2.26. The van der Waals surface area contributed by atoms with Crippen LogP contribution in [0.5, 0.6) is 11.8 Å². The van der Waals surface area contributed by atoms with Gasteiger partial charge in [0.2, 0.25) is 0 Å². The van der Waals surface area contributed by atoms with E-state index in [9.17, 15) is 0 Å². The molecule has 0 aliphatic carbocycles. The van der Waals surface area contributed by atoms with Gasteiger partial charge in [-0.15, -0.1) is 0 Å². The number of nitrogens with zero attached hydrogens (tertiary/aromatic N) is 3. The highest BCUT2D eigenvalue weighted by molar-refractivity contribution is 5.43. The van der Waals surface area contributed by atoms with Gasteiger partial charge in [0.05, 0.1) is 0 Å². The normalized spacial score (nSPS) is 10.1. The van der Waals surface area contributed by atoms with Crippen LogP contribution in [0.3, 0.4) is 0 Å². The van der Waals surface area contributed by atoms with E-state index in [1.165, 1.54) is 0 Å². The maximum absolute atomic E-state index is 8.90. The van der Waals surface area contributed by atoms with Crippen molar-refractivity contribution in [3.05, 3.63) is 46.3 Å². The molecule has 4 heteroatoms. The van der Waals surface area contributed by atoms with Gasteiger partial charge in [-0.3, -0.25) is 0 Å². The largest absolute Gasteiger partial charge is 0.424 e. The lowest BCUT2D eigenvalue weighted by molar-refractivity contribution is 0.436. The molecular formula is C15H15N3O. The summed E-state index contributed by atoms with van der Waals surface area (Å²) in [4.78, 5) is 8.25. The van der Waals surface area contributed by atoms with Crippen molar-refractivity contribution >= 4 is 0 Å². The fraction of sp³-hybridized carbons (Fsp3) is 0.267. The number of nitriles is 1. The monoisotopic (exact) mass is 253 g/mol. The number of hydrogen-bond donors (Lipinski definition) is 0. The van der Waals surface area contributed by atoms with E-state index < -0.39 is 0 Å². The Morgan fingerprint density at radius 3 is 2.47 bits per heavy atom. The first-order valence-electron chi connectivity index (χ1n) is 6.01. The number of hydrogen-bond acceptors (Lipinski definition) is 4. The predicted octanol–water partition coefficient (Wildman–Crippen LogP) is 3.37. The van der Waals surface area contributed by atoms with Crippen LogP contribution in [0.2, 0.25) is 0 Å². The van der Waals surface area contributed by atoms with E-state index in [2.05, 4.69) is 16.0 Å². The van der Waals surface area contributed by atoms with Crippen molar-refractivity contribution in [2.45, 2.75) is 27.7 Å². The first-order chi connectivity index (χ1) is 8.99. The Kier molecular flexibility index (Phi) is 3.48. The van der Waals surface area contributed by atoms with Crippen molar-refractivity contribution in [1.82, 2.24) is 9.97 Å². The third-order valence-corrected chi connectivity index (χ3v) is 2.91. The van der Waals surface area contributed by atoms with Gasteiger partial charge in [0, 0.05) is 5.69 Å². The minimum Gasteiger partial charge on any atom is -0.424 e. The molecule has 19 heavy (non-hydrogen) atoms. The summed E-state index contributed by atoms with van der Waals surface area (Å²) in [5.74, 6) is 0.729. The van der Waals surface area contributed by atoms with Crippen molar-refractivity contribution in [3.63, 3.8) is 0 Å². The van der Waals surface area contributed by atoms with Gasteiger partial charge in [-0.25, -0.2) is 4.98 Å². The molecule has 0 spiro atoms. The smallest absolute Gasteiger partial charge is 0.323 e. The summed E-state index contributed by atoms with van der Waals surface area (Å²) >= 11 is 0. The molecule has 0 amide bonds. The van der Waals surface area contributed by atoms with Gasteiger partial charge >= 0.3 is 6.01 Å². The van der Waals surface area contributed by atoms with Gasteiger partial charge in [-0.2, -0.15) is 10.2 Å². The molecule has 0 atom stereocenters. The predicted molar refractivity (Wildman–Crippen MR) is 72.2 cm³/mol. The Balaban J connectivity index is 2.42. The van der Waals surface area contributed by atoms with E-state index in [1.54, 1.807) is 6.07 Å². The average Bonchev–Trinajstić information content (AvgIpc) is 2.34. The van der Waals surface area contributed by atoms with Crippen molar-refractivity contribution < 1.29 is 4.74 Å². The number of aromatic nitrogens is 2. The molecule has 0 aliphatic heterocycles. The quantitative estimate of drug-likeness (QED) is 0.823. The first kappa shape index (κ1) is 13.0. The standard InChI is InChI=1S/C15H15N3O/c1-9-5-10(2)12(4)14(6-9)19-15-17-11(3)7-13(8-16)18-15/h5-7H,1-4H3. The summed E-state index contributed by atoms with van der Waals surface area (Å²) in [6, 6.07) is 7.88. The Morgan fingerprint density at radius 2 is 1.79 bits per heavy atom. The molecule has 0 aliphatic rings. The van der Waals surface area contributed by atoms with Crippen LogP contribution in [0.15, 0.2) is 18.2 Å². The molecule has 0 radical (unpaired) electrons. The molecule has 0 saturated carbocycles. The van der Waals surface area contributed by atoms with E-state index in [1.807, 2.05) is 39.8 Å². The van der Waals surface area contributed by atoms with Gasteiger partial charge < -0.3 is 4.74 Å². The minimum atomic E-state index is 0.213. The zero-order valence-corrected chi connectivity index (χ0v) is 11.5. The van der Waals surface area contributed by atoms with Crippen LogP contribution in [0.1, 0.15) is 28.1 Å². The molecule has 2 rings (SSSR count). The molecule has 0 bridgehead atoms. The van der Waals surface area contributed by atoms with Crippen LogP contribution in [-0.4, -0.2) is 9.97 Å². The Hall–Kier alpha value is -2.41. The highest BCUT2D eigenvalue weighted by atomic mass is 16.5. The van der Waals surface area contributed by atoms with Crippen LogP contribution in [-0.2, 0) is 0 Å². The van der Waals surface area contributed by atoms with Crippen molar-refractivity contribution in [1.29, 1.82) is 5.26 Å². The lowest BCUT2D eigenvalue weighted by atomic mass is 10.1. The summed E-state index contributed by atoms with van der Waals surface area (Å²) in [5, 5.41) is 8.90. The Labute approximate surface area is 112 Å². The summed E-state index contributed by atoms with van der Waals surface area (Å²) in [6.07, 6.45) is 0. The minimum absolute atomic E-state index is 0.213. The van der Waals surface area contributed by atoms with Crippen molar-refractivity contribution in [3.8, 4) is 17.8 Å². The Morgan fingerprint density at radius 1 is 1.05 bits per heavy atom. The topological polar surface area (TPSA) is 58.8 Å². The third kappa shape index (κ3) is 2.89. The second-order valence-corrected chi connectivity index (χ2v) is 4.60. The van der Waals surface area contributed by atoms with Crippen molar-refractivity contribution in [2.75, 3.05) is 0 Å². The average molecular weight is 253 g/mol. The Bertz CT molecular complexity index is 672. The van der Waals surface area contributed by atoms with Crippen LogP contribution in [0.4, 0.5) is 0 Å². The SMILES string of the molecule is Cc1cc(C)c(C)c(Oc2nc(C)cc(C#N)n2)c1. The van der Waals surface area contributed by atoms with Crippen LogP contribution >= 0.6 is 0 Å². The molecule has 0 saturated heterocycles. The van der Waals surface area contributed by atoms with Gasteiger partial charge in [0.1, 0.15) is 17.5 Å². The van der Waals surface area contributed by atoms with Gasteiger partial charge in [-0.1, -0.05) is 6.07 Å². The fourth-order valence-corrected chi connectivity index (χ4v) is 1.85. The molecule has 4 nitrogen and oxygen atoms in total. The number of aryl methyl sites for hydroxylation is 3. The molecule has 1 heterocycles. The van der Waals surface area contributed by atoms with Gasteiger partial charge in [0.25, 0.3) is 0 Å². The molecule has 0 N–H and O–H groups in total. The number of benzene rings is 1. The summed E-state index contributed by atoms with van der Waals surface area (Å²) in [5.41, 5.74) is 4.34. The summed E-state index contributed by atoms with van der Waals surface area (Å²) < 4.78 is 5.72. The lowest BCUT2D eigenvalue weighted by Gasteiger charge is -2.11. The highest BCUT2D eigenvalue weighted by Gasteiger charge is 2.08.